The van der Waals surface area contributed by atoms with Crippen molar-refractivity contribution in [3.63, 3.8) is 0 Å². The Labute approximate surface area is 121 Å². The Morgan fingerprint density at radius 1 is 1.24 bits per heavy atom. The monoisotopic (exact) mass is 281 g/mol. The average Bonchev–Trinajstić information content (AvgIpc) is 2.92. The summed E-state index contributed by atoms with van der Waals surface area (Å²) in [5.74, 6) is -0.895. The SMILES string of the molecule is O=C(O)C(NCc1ccncc1)c1c[nH]c2ccccc12. The van der Waals surface area contributed by atoms with Gasteiger partial charge in [-0.1, -0.05) is 18.2 Å². The van der Waals surface area contributed by atoms with E-state index in [0.29, 0.717) is 6.54 Å². The molecule has 3 aromatic rings. The summed E-state index contributed by atoms with van der Waals surface area (Å²) in [4.78, 5) is 18.6. The van der Waals surface area contributed by atoms with Gasteiger partial charge in [0.05, 0.1) is 0 Å². The minimum absolute atomic E-state index is 0.471. The van der Waals surface area contributed by atoms with Gasteiger partial charge in [0, 0.05) is 41.6 Å². The molecule has 0 bridgehead atoms. The quantitative estimate of drug-likeness (QED) is 0.671. The van der Waals surface area contributed by atoms with Crippen LogP contribution in [0.2, 0.25) is 0 Å². The molecule has 0 radical (unpaired) electrons. The number of fused-ring (bicyclic) bond motifs is 1. The van der Waals surface area contributed by atoms with Gasteiger partial charge in [0.25, 0.3) is 0 Å². The third kappa shape index (κ3) is 2.78. The molecule has 3 N–H and O–H groups in total. The normalized spacial score (nSPS) is 12.4. The number of benzene rings is 1. The second-order valence-electron chi connectivity index (χ2n) is 4.80. The van der Waals surface area contributed by atoms with E-state index in [4.69, 9.17) is 0 Å². The van der Waals surface area contributed by atoms with Crippen LogP contribution in [0.25, 0.3) is 10.9 Å². The van der Waals surface area contributed by atoms with Crippen molar-refractivity contribution < 1.29 is 9.90 Å². The zero-order valence-electron chi connectivity index (χ0n) is 11.3. The van der Waals surface area contributed by atoms with Crippen molar-refractivity contribution in [1.82, 2.24) is 15.3 Å². The fourth-order valence-electron chi connectivity index (χ4n) is 2.38. The van der Waals surface area contributed by atoms with E-state index in [0.717, 1.165) is 22.0 Å². The second-order valence-corrected chi connectivity index (χ2v) is 4.80. The van der Waals surface area contributed by atoms with Gasteiger partial charge in [-0.15, -0.1) is 0 Å². The van der Waals surface area contributed by atoms with Gasteiger partial charge >= 0.3 is 5.97 Å². The summed E-state index contributed by atoms with van der Waals surface area (Å²) in [6.07, 6.45) is 5.14. The van der Waals surface area contributed by atoms with Gasteiger partial charge in [-0.3, -0.25) is 15.1 Å². The van der Waals surface area contributed by atoms with Crippen molar-refractivity contribution in [2.24, 2.45) is 0 Å². The molecule has 1 aromatic carbocycles. The summed E-state index contributed by atoms with van der Waals surface area (Å²) >= 11 is 0. The van der Waals surface area contributed by atoms with Crippen LogP contribution in [0.4, 0.5) is 0 Å². The lowest BCUT2D eigenvalue weighted by Crippen LogP contribution is -2.27. The van der Waals surface area contributed by atoms with Gasteiger partial charge in [0.2, 0.25) is 0 Å². The molecule has 1 atom stereocenters. The smallest absolute Gasteiger partial charge is 0.325 e. The fraction of sp³-hybridized carbons (Fsp3) is 0.125. The van der Waals surface area contributed by atoms with E-state index >= 15 is 0 Å². The Bertz CT molecular complexity index is 752. The highest BCUT2D eigenvalue weighted by Crippen LogP contribution is 2.24. The minimum atomic E-state index is -0.895. The van der Waals surface area contributed by atoms with Crippen LogP contribution in [0.1, 0.15) is 17.2 Å². The number of aromatic nitrogens is 2. The molecule has 2 aromatic heterocycles. The zero-order chi connectivity index (χ0) is 14.7. The topological polar surface area (TPSA) is 78.0 Å². The average molecular weight is 281 g/mol. The van der Waals surface area contributed by atoms with Crippen LogP contribution >= 0.6 is 0 Å². The van der Waals surface area contributed by atoms with Crippen LogP contribution in [-0.4, -0.2) is 21.0 Å². The van der Waals surface area contributed by atoms with Gasteiger partial charge in [-0.05, 0) is 23.8 Å². The molecule has 0 aliphatic carbocycles. The molecular weight excluding hydrogens is 266 g/mol. The largest absolute Gasteiger partial charge is 0.480 e. The number of rotatable bonds is 5. The number of carboxylic acids is 1. The molecule has 0 saturated carbocycles. The third-order valence-electron chi connectivity index (χ3n) is 3.44. The number of hydrogen-bond donors (Lipinski definition) is 3. The molecule has 2 heterocycles. The number of hydrogen-bond acceptors (Lipinski definition) is 3. The summed E-state index contributed by atoms with van der Waals surface area (Å²) in [5.41, 5.74) is 2.67. The van der Waals surface area contributed by atoms with E-state index in [1.54, 1.807) is 18.6 Å². The molecule has 5 heteroatoms. The van der Waals surface area contributed by atoms with Gasteiger partial charge in [0.1, 0.15) is 6.04 Å². The highest BCUT2D eigenvalue weighted by atomic mass is 16.4. The second kappa shape index (κ2) is 5.76. The maximum atomic E-state index is 11.6. The molecule has 0 saturated heterocycles. The molecule has 0 aliphatic heterocycles. The molecule has 0 amide bonds. The number of carboxylic acid groups (broad SMARTS) is 1. The predicted octanol–water partition coefficient (Wildman–Crippen LogP) is 2.48. The molecule has 5 nitrogen and oxygen atoms in total. The lowest BCUT2D eigenvalue weighted by atomic mass is 10.1. The van der Waals surface area contributed by atoms with Crippen molar-refractivity contribution in [2.75, 3.05) is 0 Å². The predicted molar refractivity (Wildman–Crippen MR) is 79.8 cm³/mol. The number of para-hydroxylation sites is 1. The molecular formula is C16H15N3O2. The van der Waals surface area contributed by atoms with Crippen molar-refractivity contribution in [3.8, 4) is 0 Å². The lowest BCUT2D eigenvalue weighted by Gasteiger charge is -2.14. The minimum Gasteiger partial charge on any atom is -0.480 e. The van der Waals surface area contributed by atoms with E-state index in [1.165, 1.54) is 0 Å². The van der Waals surface area contributed by atoms with Crippen molar-refractivity contribution >= 4 is 16.9 Å². The third-order valence-corrected chi connectivity index (χ3v) is 3.44. The number of aliphatic carboxylic acids is 1. The Morgan fingerprint density at radius 3 is 2.76 bits per heavy atom. The molecule has 0 fully saturated rings. The van der Waals surface area contributed by atoms with Crippen LogP contribution in [0, 0.1) is 0 Å². The van der Waals surface area contributed by atoms with Crippen LogP contribution in [0.3, 0.4) is 0 Å². The number of nitrogens with zero attached hydrogens (tertiary/aromatic N) is 1. The van der Waals surface area contributed by atoms with Gasteiger partial charge < -0.3 is 10.1 Å². The highest BCUT2D eigenvalue weighted by molar-refractivity contribution is 5.89. The number of aromatic amines is 1. The van der Waals surface area contributed by atoms with Crippen LogP contribution in [-0.2, 0) is 11.3 Å². The Kier molecular flexibility index (Phi) is 3.66. The molecule has 106 valence electrons. The number of nitrogens with one attached hydrogen (secondary N) is 2. The lowest BCUT2D eigenvalue weighted by molar-refractivity contribution is -0.139. The van der Waals surface area contributed by atoms with Crippen LogP contribution < -0.4 is 5.32 Å². The summed E-state index contributed by atoms with van der Waals surface area (Å²) in [6.45, 7) is 0.471. The van der Waals surface area contributed by atoms with E-state index in [9.17, 15) is 9.90 Å². The van der Waals surface area contributed by atoms with E-state index in [2.05, 4.69) is 15.3 Å². The van der Waals surface area contributed by atoms with Gasteiger partial charge in [-0.2, -0.15) is 0 Å². The summed E-state index contributed by atoms with van der Waals surface area (Å²) in [7, 11) is 0. The molecule has 0 aliphatic rings. The van der Waals surface area contributed by atoms with E-state index in [-0.39, 0.29) is 0 Å². The first kappa shape index (κ1) is 13.3. The van der Waals surface area contributed by atoms with Crippen molar-refractivity contribution in [2.45, 2.75) is 12.6 Å². The first-order chi connectivity index (χ1) is 10.3. The number of pyridine rings is 1. The molecule has 21 heavy (non-hydrogen) atoms. The first-order valence-electron chi connectivity index (χ1n) is 6.67. The summed E-state index contributed by atoms with van der Waals surface area (Å²) < 4.78 is 0. The molecule has 3 rings (SSSR count). The van der Waals surface area contributed by atoms with Crippen LogP contribution in [0.15, 0.2) is 55.0 Å². The maximum absolute atomic E-state index is 11.6. The summed E-state index contributed by atoms with van der Waals surface area (Å²) in [5, 5.41) is 13.5. The highest BCUT2D eigenvalue weighted by Gasteiger charge is 2.22. The number of H-pyrrole nitrogens is 1. The maximum Gasteiger partial charge on any atom is 0.325 e. The van der Waals surface area contributed by atoms with Crippen LogP contribution in [0.5, 0.6) is 0 Å². The molecule has 1 unspecified atom stereocenters. The number of carbonyl (C=O) groups is 1. The van der Waals surface area contributed by atoms with E-state index in [1.807, 2.05) is 36.4 Å². The first-order valence-corrected chi connectivity index (χ1v) is 6.67. The fourth-order valence-corrected chi connectivity index (χ4v) is 2.38. The Morgan fingerprint density at radius 2 is 2.00 bits per heavy atom. The summed E-state index contributed by atoms with van der Waals surface area (Å²) in [6, 6.07) is 10.6. The zero-order valence-corrected chi connectivity index (χ0v) is 11.3. The van der Waals surface area contributed by atoms with Crippen molar-refractivity contribution in [1.29, 1.82) is 0 Å². The molecule has 0 spiro atoms. The Balaban J connectivity index is 1.86. The van der Waals surface area contributed by atoms with Gasteiger partial charge in [-0.25, -0.2) is 0 Å². The van der Waals surface area contributed by atoms with Crippen molar-refractivity contribution in [3.05, 3.63) is 66.1 Å². The Hall–Kier alpha value is -2.66. The standard InChI is InChI=1S/C16H15N3O2/c20-16(21)15(19-9-11-5-7-17-8-6-11)13-10-18-14-4-2-1-3-12(13)14/h1-8,10,15,18-19H,9H2,(H,20,21). The van der Waals surface area contributed by atoms with E-state index < -0.39 is 12.0 Å². The van der Waals surface area contributed by atoms with Gasteiger partial charge in [0.15, 0.2) is 0 Å².